The lowest BCUT2D eigenvalue weighted by Crippen LogP contribution is -2.20. The van der Waals surface area contributed by atoms with Crippen molar-refractivity contribution in [3.05, 3.63) is 17.5 Å². The largest absolute Gasteiger partial charge is 0.312 e. The van der Waals surface area contributed by atoms with Crippen molar-refractivity contribution in [1.29, 1.82) is 0 Å². The molecule has 0 saturated heterocycles. The summed E-state index contributed by atoms with van der Waals surface area (Å²) in [4.78, 5) is 0. The molecular weight excluding hydrogens is 234 g/mol. The van der Waals surface area contributed by atoms with Crippen molar-refractivity contribution in [2.45, 2.75) is 72.9 Å². The number of nitrogens with zero attached hydrogens (tertiary/aromatic N) is 2. The van der Waals surface area contributed by atoms with Crippen LogP contribution in [0.25, 0.3) is 0 Å². The molecule has 0 bridgehead atoms. The normalized spacial score (nSPS) is 11.7. The predicted molar refractivity (Wildman–Crippen MR) is 82.4 cm³/mol. The van der Waals surface area contributed by atoms with Gasteiger partial charge >= 0.3 is 0 Å². The second-order valence-electron chi connectivity index (χ2n) is 5.81. The molecule has 0 radical (unpaired) electrons. The smallest absolute Gasteiger partial charge is 0.0537 e. The number of hydrogen-bond acceptors (Lipinski definition) is 2. The SMILES string of the molecule is CCCc1c(CNCC(C)C)cnn1C(CC)CC. The molecule has 1 rings (SSSR count). The number of hydrogen-bond donors (Lipinski definition) is 1. The Morgan fingerprint density at radius 3 is 2.42 bits per heavy atom. The number of rotatable bonds is 9. The van der Waals surface area contributed by atoms with E-state index in [0.29, 0.717) is 12.0 Å². The van der Waals surface area contributed by atoms with Gasteiger partial charge in [-0.05, 0) is 31.7 Å². The van der Waals surface area contributed by atoms with Crippen molar-refractivity contribution in [3.8, 4) is 0 Å². The molecule has 3 heteroatoms. The van der Waals surface area contributed by atoms with Crippen LogP contribution in [0.15, 0.2) is 6.20 Å². The highest BCUT2D eigenvalue weighted by Gasteiger charge is 2.15. The van der Waals surface area contributed by atoms with E-state index in [0.717, 1.165) is 32.4 Å². The van der Waals surface area contributed by atoms with Crippen molar-refractivity contribution < 1.29 is 0 Å². The molecule has 0 saturated carbocycles. The lowest BCUT2D eigenvalue weighted by Gasteiger charge is -2.17. The summed E-state index contributed by atoms with van der Waals surface area (Å²) in [6, 6.07) is 0.556. The zero-order valence-corrected chi connectivity index (χ0v) is 13.4. The summed E-state index contributed by atoms with van der Waals surface area (Å²) >= 11 is 0. The van der Waals surface area contributed by atoms with Crippen LogP contribution < -0.4 is 5.32 Å². The van der Waals surface area contributed by atoms with Gasteiger partial charge in [-0.2, -0.15) is 5.10 Å². The van der Waals surface area contributed by atoms with Gasteiger partial charge in [-0.25, -0.2) is 0 Å². The van der Waals surface area contributed by atoms with Gasteiger partial charge in [0.25, 0.3) is 0 Å². The van der Waals surface area contributed by atoms with E-state index in [1.54, 1.807) is 0 Å². The van der Waals surface area contributed by atoms with E-state index in [2.05, 4.69) is 55.9 Å². The van der Waals surface area contributed by atoms with Gasteiger partial charge in [-0.1, -0.05) is 41.0 Å². The van der Waals surface area contributed by atoms with Crippen LogP contribution in [0.1, 0.15) is 71.2 Å². The molecule has 0 aliphatic heterocycles. The second-order valence-corrected chi connectivity index (χ2v) is 5.81. The molecule has 1 heterocycles. The zero-order chi connectivity index (χ0) is 14.3. The number of aromatic nitrogens is 2. The fourth-order valence-corrected chi connectivity index (χ4v) is 2.53. The molecule has 0 spiro atoms. The molecule has 0 atom stereocenters. The van der Waals surface area contributed by atoms with Gasteiger partial charge in [0.2, 0.25) is 0 Å². The Kier molecular flexibility index (Phi) is 7.14. The van der Waals surface area contributed by atoms with E-state index in [9.17, 15) is 0 Å². The van der Waals surface area contributed by atoms with Crippen LogP contribution in [0.5, 0.6) is 0 Å². The highest BCUT2D eigenvalue weighted by atomic mass is 15.3. The first kappa shape index (κ1) is 16.2. The van der Waals surface area contributed by atoms with Crippen LogP contribution in [0.4, 0.5) is 0 Å². The third kappa shape index (κ3) is 4.64. The lowest BCUT2D eigenvalue weighted by atomic mass is 10.1. The molecular formula is C16H31N3. The Hall–Kier alpha value is -0.830. The average Bonchev–Trinajstić information content (AvgIpc) is 2.75. The van der Waals surface area contributed by atoms with Crippen LogP contribution in [-0.4, -0.2) is 16.3 Å². The maximum absolute atomic E-state index is 4.65. The first-order chi connectivity index (χ1) is 9.13. The highest BCUT2D eigenvalue weighted by Crippen LogP contribution is 2.21. The van der Waals surface area contributed by atoms with Gasteiger partial charge in [-0.15, -0.1) is 0 Å². The average molecular weight is 265 g/mol. The Morgan fingerprint density at radius 2 is 1.89 bits per heavy atom. The minimum atomic E-state index is 0.556. The van der Waals surface area contributed by atoms with Crippen LogP contribution in [0.2, 0.25) is 0 Å². The Labute approximate surface area is 118 Å². The van der Waals surface area contributed by atoms with Gasteiger partial charge in [0.05, 0.1) is 12.2 Å². The molecule has 0 fully saturated rings. The van der Waals surface area contributed by atoms with Crippen molar-refractivity contribution in [1.82, 2.24) is 15.1 Å². The molecule has 0 unspecified atom stereocenters. The van der Waals surface area contributed by atoms with Gasteiger partial charge in [0.1, 0.15) is 0 Å². The molecule has 0 aliphatic carbocycles. The summed E-state index contributed by atoms with van der Waals surface area (Å²) in [5.41, 5.74) is 2.82. The molecule has 0 aromatic carbocycles. The summed E-state index contributed by atoms with van der Waals surface area (Å²) in [6.07, 6.45) is 6.70. The first-order valence-electron chi connectivity index (χ1n) is 7.89. The predicted octanol–water partition coefficient (Wildman–Crippen LogP) is 3.94. The van der Waals surface area contributed by atoms with E-state index in [-0.39, 0.29) is 0 Å². The molecule has 1 N–H and O–H groups in total. The molecule has 0 amide bonds. The molecule has 110 valence electrons. The standard InChI is InChI=1S/C16H31N3/c1-6-9-16-14(11-17-10-13(4)5)12-18-19(16)15(7-2)8-3/h12-13,15,17H,6-11H2,1-5H3. The Balaban J connectivity index is 2.80. The van der Waals surface area contributed by atoms with Crippen molar-refractivity contribution in [2.75, 3.05) is 6.54 Å². The maximum atomic E-state index is 4.65. The van der Waals surface area contributed by atoms with Crippen molar-refractivity contribution >= 4 is 0 Å². The molecule has 1 aromatic heterocycles. The van der Waals surface area contributed by atoms with Crippen LogP contribution >= 0.6 is 0 Å². The molecule has 19 heavy (non-hydrogen) atoms. The minimum Gasteiger partial charge on any atom is -0.312 e. The molecule has 0 aliphatic rings. The zero-order valence-electron chi connectivity index (χ0n) is 13.4. The van der Waals surface area contributed by atoms with Crippen LogP contribution in [0.3, 0.4) is 0 Å². The van der Waals surface area contributed by atoms with Gasteiger partial charge in [0.15, 0.2) is 0 Å². The van der Waals surface area contributed by atoms with Crippen molar-refractivity contribution in [2.24, 2.45) is 5.92 Å². The molecule has 1 aromatic rings. The topological polar surface area (TPSA) is 29.9 Å². The third-order valence-corrected chi connectivity index (χ3v) is 3.63. The van der Waals surface area contributed by atoms with Gasteiger partial charge < -0.3 is 5.32 Å². The summed E-state index contributed by atoms with van der Waals surface area (Å²) in [5, 5.41) is 8.19. The van der Waals surface area contributed by atoms with E-state index in [4.69, 9.17) is 0 Å². The van der Waals surface area contributed by atoms with Crippen molar-refractivity contribution in [3.63, 3.8) is 0 Å². The summed E-state index contributed by atoms with van der Waals surface area (Å²) in [6.45, 7) is 13.3. The maximum Gasteiger partial charge on any atom is 0.0537 e. The van der Waals surface area contributed by atoms with Gasteiger partial charge in [-0.3, -0.25) is 4.68 Å². The fourth-order valence-electron chi connectivity index (χ4n) is 2.53. The van der Waals surface area contributed by atoms with E-state index < -0.39 is 0 Å². The summed E-state index contributed by atoms with van der Waals surface area (Å²) < 4.78 is 2.27. The van der Waals surface area contributed by atoms with E-state index >= 15 is 0 Å². The lowest BCUT2D eigenvalue weighted by molar-refractivity contribution is 0.412. The fraction of sp³-hybridized carbons (Fsp3) is 0.812. The van der Waals surface area contributed by atoms with Crippen LogP contribution in [-0.2, 0) is 13.0 Å². The second kappa shape index (κ2) is 8.36. The Morgan fingerprint density at radius 1 is 1.21 bits per heavy atom. The highest BCUT2D eigenvalue weighted by molar-refractivity contribution is 5.18. The summed E-state index contributed by atoms with van der Waals surface area (Å²) in [7, 11) is 0. The van der Waals surface area contributed by atoms with Crippen LogP contribution in [0, 0.1) is 5.92 Å². The monoisotopic (exact) mass is 265 g/mol. The quantitative estimate of drug-likeness (QED) is 0.733. The third-order valence-electron chi connectivity index (χ3n) is 3.63. The van der Waals surface area contributed by atoms with E-state index in [1.807, 2.05) is 0 Å². The minimum absolute atomic E-state index is 0.556. The van der Waals surface area contributed by atoms with Gasteiger partial charge in [0, 0.05) is 17.8 Å². The first-order valence-corrected chi connectivity index (χ1v) is 7.89. The van der Waals surface area contributed by atoms with E-state index in [1.165, 1.54) is 17.7 Å². The number of nitrogens with one attached hydrogen (secondary N) is 1. The Bertz CT molecular complexity index is 351. The summed E-state index contributed by atoms with van der Waals surface area (Å²) in [5.74, 6) is 0.698. The molecule has 3 nitrogen and oxygen atoms in total.